The molecular formula is C43H35NO6. The highest BCUT2D eigenvalue weighted by Gasteiger charge is 2.21. The highest BCUT2D eigenvalue weighted by molar-refractivity contribution is 5.91. The van der Waals surface area contributed by atoms with Crippen LogP contribution in [0, 0.1) is 0 Å². The number of phenolic OH excluding ortho intramolecular Hbond substituents is 1. The first-order valence-electron chi connectivity index (χ1n) is 16.4. The van der Waals surface area contributed by atoms with Crippen LogP contribution in [0.4, 0.5) is 5.69 Å². The molecule has 1 aromatic heterocycles. The van der Waals surface area contributed by atoms with E-state index in [4.69, 9.17) is 18.6 Å². The van der Waals surface area contributed by atoms with Gasteiger partial charge in [-0.25, -0.2) is 0 Å². The molecule has 0 spiro atoms. The topological polar surface area (TPSA) is 90.2 Å². The summed E-state index contributed by atoms with van der Waals surface area (Å²) in [4.78, 5) is 14.2. The van der Waals surface area contributed by atoms with Gasteiger partial charge in [-0.3, -0.25) is 4.79 Å². The maximum Gasteiger partial charge on any atom is 0.220 e. The molecule has 0 fully saturated rings. The largest absolute Gasteiger partial charge is 0.507 e. The summed E-state index contributed by atoms with van der Waals surface area (Å²) in [7, 11) is 0. The molecule has 0 saturated heterocycles. The Morgan fingerprint density at radius 2 is 1.08 bits per heavy atom. The number of phenols is 1. The monoisotopic (exact) mass is 661 g/mol. The van der Waals surface area contributed by atoms with E-state index >= 15 is 0 Å². The van der Waals surface area contributed by atoms with Crippen LogP contribution in [0.2, 0.25) is 0 Å². The Bertz CT molecular complexity index is 2240. The number of fused-ring (bicyclic) bond motifs is 1. The van der Waals surface area contributed by atoms with Crippen molar-refractivity contribution in [2.45, 2.75) is 26.4 Å². The third kappa shape index (κ3) is 7.63. The Hall–Kier alpha value is -6.47. The molecule has 7 heteroatoms. The Kier molecular flexibility index (Phi) is 9.74. The van der Waals surface area contributed by atoms with E-state index in [1.807, 2.05) is 140 Å². The van der Waals surface area contributed by atoms with Crippen molar-refractivity contribution in [3.8, 4) is 34.3 Å². The molecule has 248 valence electrons. The molecule has 0 saturated carbocycles. The van der Waals surface area contributed by atoms with Gasteiger partial charge in [0.25, 0.3) is 0 Å². The summed E-state index contributed by atoms with van der Waals surface area (Å²) in [6.07, 6.45) is 0. The molecule has 2 N–H and O–H groups in total. The SMILES string of the molecule is O=c1c(NCc2ccccc2)c(-c2ccc(OCc3ccccc3)c(OCc3ccccc3)c2)oc2cc(OCc3ccccc3)cc(O)c12. The smallest absolute Gasteiger partial charge is 0.220 e. The Morgan fingerprint density at radius 3 is 1.66 bits per heavy atom. The van der Waals surface area contributed by atoms with Crippen LogP contribution in [0.15, 0.2) is 161 Å². The molecule has 0 amide bonds. The highest BCUT2D eigenvalue weighted by atomic mass is 16.5. The van der Waals surface area contributed by atoms with E-state index in [1.165, 1.54) is 6.07 Å². The Balaban J connectivity index is 1.29. The molecule has 0 bridgehead atoms. The van der Waals surface area contributed by atoms with Crippen LogP contribution < -0.4 is 25.0 Å². The van der Waals surface area contributed by atoms with E-state index in [1.54, 1.807) is 6.07 Å². The molecule has 1 heterocycles. The minimum absolute atomic E-state index is 0.0553. The van der Waals surface area contributed by atoms with Crippen LogP contribution in [0.25, 0.3) is 22.3 Å². The third-order valence-electron chi connectivity index (χ3n) is 8.19. The molecule has 7 rings (SSSR count). The van der Waals surface area contributed by atoms with Crippen molar-refractivity contribution in [3.05, 3.63) is 184 Å². The number of hydrogen-bond acceptors (Lipinski definition) is 7. The maximum atomic E-state index is 14.2. The molecule has 0 aliphatic carbocycles. The molecular weight excluding hydrogens is 626 g/mol. The summed E-state index contributed by atoms with van der Waals surface area (Å²) in [5.74, 6) is 1.46. The van der Waals surface area contributed by atoms with Gasteiger partial charge in [-0.1, -0.05) is 121 Å². The molecule has 0 aliphatic heterocycles. The van der Waals surface area contributed by atoms with Crippen LogP contribution in [-0.4, -0.2) is 5.11 Å². The van der Waals surface area contributed by atoms with Crippen LogP contribution in [0.5, 0.6) is 23.0 Å². The molecule has 0 aliphatic rings. The van der Waals surface area contributed by atoms with E-state index in [0.717, 1.165) is 22.3 Å². The van der Waals surface area contributed by atoms with E-state index in [9.17, 15) is 9.90 Å². The minimum Gasteiger partial charge on any atom is -0.507 e. The first kappa shape index (κ1) is 32.1. The van der Waals surface area contributed by atoms with Crippen molar-refractivity contribution >= 4 is 16.7 Å². The predicted octanol–water partition coefficient (Wildman–Crippen LogP) is 9.51. The van der Waals surface area contributed by atoms with Crippen molar-refractivity contribution in [2.75, 3.05) is 5.32 Å². The van der Waals surface area contributed by atoms with E-state index in [-0.39, 0.29) is 34.8 Å². The van der Waals surface area contributed by atoms with Crippen LogP contribution >= 0.6 is 0 Å². The van der Waals surface area contributed by atoms with Gasteiger partial charge in [0, 0.05) is 24.2 Å². The summed E-state index contributed by atoms with van der Waals surface area (Å²) >= 11 is 0. The molecule has 7 aromatic rings. The average molecular weight is 662 g/mol. The maximum absolute atomic E-state index is 14.2. The third-order valence-corrected chi connectivity index (χ3v) is 8.19. The van der Waals surface area contributed by atoms with Gasteiger partial charge in [-0.2, -0.15) is 0 Å². The minimum atomic E-state index is -0.402. The van der Waals surface area contributed by atoms with E-state index < -0.39 is 5.43 Å². The van der Waals surface area contributed by atoms with Gasteiger partial charge in [-0.05, 0) is 40.5 Å². The fourth-order valence-corrected chi connectivity index (χ4v) is 5.60. The normalized spacial score (nSPS) is 10.9. The predicted molar refractivity (Wildman–Crippen MR) is 196 cm³/mol. The van der Waals surface area contributed by atoms with Crippen molar-refractivity contribution in [1.82, 2.24) is 0 Å². The second kappa shape index (κ2) is 15.2. The summed E-state index contributed by atoms with van der Waals surface area (Å²) in [5, 5.41) is 14.5. The van der Waals surface area contributed by atoms with Crippen molar-refractivity contribution < 1.29 is 23.7 Å². The lowest BCUT2D eigenvalue weighted by Crippen LogP contribution is -2.13. The van der Waals surface area contributed by atoms with Gasteiger partial charge in [-0.15, -0.1) is 0 Å². The number of rotatable bonds is 13. The molecule has 6 aromatic carbocycles. The van der Waals surface area contributed by atoms with Gasteiger partial charge in [0.05, 0.1) is 0 Å². The summed E-state index contributed by atoms with van der Waals surface area (Å²) in [5.41, 5.74) is 4.54. The quantitative estimate of drug-likeness (QED) is 0.127. The zero-order chi connectivity index (χ0) is 34.1. The second-order valence-corrected chi connectivity index (χ2v) is 11.8. The summed E-state index contributed by atoms with van der Waals surface area (Å²) in [6, 6.07) is 47.8. The molecule has 0 atom stereocenters. The standard InChI is InChI=1S/C43H35NO6/c45-36-24-35(47-27-31-15-7-2-8-16-31)25-39-40(36)42(46)41(44-26-30-13-5-1-6-14-30)43(50-39)34-21-22-37(48-28-32-17-9-3-10-18-32)38(23-34)49-29-33-19-11-4-12-20-33/h1-25,44-45H,26-29H2. The zero-order valence-electron chi connectivity index (χ0n) is 27.3. The number of hydrogen-bond donors (Lipinski definition) is 2. The van der Waals surface area contributed by atoms with Gasteiger partial charge < -0.3 is 29.1 Å². The van der Waals surface area contributed by atoms with E-state index in [0.29, 0.717) is 42.6 Å². The molecule has 0 unspecified atom stereocenters. The molecule has 0 radical (unpaired) electrons. The van der Waals surface area contributed by atoms with E-state index in [2.05, 4.69) is 5.32 Å². The lowest BCUT2D eigenvalue weighted by atomic mass is 10.1. The van der Waals surface area contributed by atoms with Crippen LogP contribution in [0.3, 0.4) is 0 Å². The van der Waals surface area contributed by atoms with Gasteiger partial charge in [0.15, 0.2) is 17.3 Å². The fourth-order valence-electron chi connectivity index (χ4n) is 5.60. The first-order valence-corrected chi connectivity index (χ1v) is 16.4. The highest BCUT2D eigenvalue weighted by Crippen LogP contribution is 2.39. The number of anilines is 1. The molecule has 50 heavy (non-hydrogen) atoms. The molecule has 7 nitrogen and oxygen atoms in total. The van der Waals surface area contributed by atoms with Crippen molar-refractivity contribution in [1.29, 1.82) is 0 Å². The summed E-state index contributed by atoms with van der Waals surface area (Å²) in [6.45, 7) is 1.30. The number of benzene rings is 6. The fraction of sp³-hybridized carbons (Fsp3) is 0.0930. The number of ether oxygens (including phenoxy) is 3. The van der Waals surface area contributed by atoms with Crippen LogP contribution in [-0.2, 0) is 26.4 Å². The number of aromatic hydroxyl groups is 1. The number of nitrogens with one attached hydrogen (secondary N) is 1. The van der Waals surface area contributed by atoms with Crippen molar-refractivity contribution in [2.24, 2.45) is 0 Å². The Labute approximate surface area is 290 Å². The van der Waals surface area contributed by atoms with Gasteiger partial charge in [0.1, 0.15) is 48.0 Å². The zero-order valence-corrected chi connectivity index (χ0v) is 27.3. The van der Waals surface area contributed by atoms with Gasteiger partial charge in [0.2, 0.25) is 5.43 Å². The summed E-state index contributed by atoms with van der Waals surface area (Å²) < 4.78 is 25.1. The van der Waals surface area contributed by atoms with Crippen molar-refractivity contribution in [3.63, 3.8) is 0 Å². The first-order chi connectivity index (χ1) is 24.6. The van der Waals surface area contributed by atoms with Gasteiger partial charge >= 0.3 is 0 Å². The Morgan fingerprint density at radius 1 is 0.560 bits per heavy atom. The second-order valence-electron chi connectivity index (χ2n) is 11.8. The van der Waals surface area contributed by atoms with Crippen LogP contribution in [0.1, 0.15) is 22.3 Å². The average Bonchev–Trinajstić information content (AvgIpc) is 3.16. The lowest BCUT2D eigenvalue weighted by Gasteiger charge is -2.17. The lowest BCUT2D eigenvalue weighted by molar-refractivity contribution is 0.256.